The van der Waals surface area contributed by atoms with Crippen LogP contribution in [-0.2, 0) is 23.7 Å². The molecule has 1 saturated carbocycles. The molecule has 3 heterocycles. The minimum Gasteiger partial charge on any atom is -0.388 e. The zero-order valence-corrected chi connectivity index (χ0v) is 17.5. The molecule has 0 aromatic carbocycles. The fraction of sp³-hybridized carbons (Fsp3) is 1.00. The molecule has 15 atom stereocenters. The van der Waals surface area contributed by atoms with Crippen LogP contribution in [0.1, 0.15) is 6.42 Å². The highest BCUT2D eigenvalue weighted by molar-refractivity contribution is 5.04. The summed E-state index contributed by atoms with van der Waals surface area (Å²) in [5.74, 6) is 0. The van der Waals surface area contributed by atoms with Gasteiger partial charge in [-0.1, -0.05) is 0 Å². The minimum atomic E-state index is -1.35. The van der Waals surface area contributed by atoms with Gasteiger partial charge in [-0.25, -0.2) is 0 Å². The molecule has 0 amide bonds. The number of hydrogen-bond donors (Lipinski definition) is 9. The molecular weight excluding hydrogens is 430 g/mol. The van der Waals surface area contributed by atoms with Gasteiger partial charge in [0.2, 0.25) is 0 Å². The lowest BCUT2D eigenvalue weighted by molar-refractivity contribution is -0.304. The van der Waals surface area contributed by atoms with Crippen molar-refractivity contribution < 1.29 is 44.1 Å². The van der Waals surface area contributed by atoms with E-state index in [1.165, 1.54) is 0 Å². The molecule has 3 aliphatic heterocycles. The summed E-state index contributed by atoms with van der Waals surface area (Å²) in [6.45, 7) is 0.0984. The highest BCUT2D eigenvalue weighted by Gasteiger charge is 2.58. The predicted molar refractivity (Wildman–Crippen MR) is 106 cm³/mol. The second-order valence-corrected chi connectivity index (χ2v) is 8.93. The molecule has 3 saturated heterocycles. The number of aliphatic hydroxyl groups excluding tert-OH is 4. The second-order valence-electron chi connectivity index (χ2n) is 8.93. The number of aliphatic hydroxyl groups is 4. The maximum Gasteiger partial charge on any atom is 0.187 e. The highest BCUT2D eigenvalue weighted by Crippen LogP contribution is 2.39. The number of epoxide rings is 1. The van der Waals surface area contributed by atoms with Crippen molar-refractivity contribution >= 4 is 0 Å². The quantitative estimate of drug-likeness (QED) is 0.165. The van der Waals surface area contributed by atoms with Crippen LogP contribution in [0.5, 0.6) is 0 Å². The molecule has 32 heavy (non-hydrogen) atoms. The largest absolute Gasteiger partial charge is 0.388 e. The third kappa shape index (κ3) is 4.42. The van der Waals surface area contributed by atoms with Crippen LogP contribution < -0.4 is 28.7 Å². The molecule has 4 rings (SSSR count). The Hall–Kier alpha value is -0.560. The van der Waals surface area contributed by atoms with Gasteiger partial charge in [0, 0.05) is 25.2 Å². The van der Waals surface area contributed by atoms with Crippen molar-refractivity contribution in [3.63, 3.8) is 0 Å². The monoisotopic (exact) mass is 465 g/mol. The van der Waals surface area contributed by atoms with Crippen LogP contribution in [0.4, 0.5) is 0 Å². The molecule has 1 aliphatic carbocycles. The number of nitrogens with two attached hydrogens (primary N) is 5. The Balaban J connectivity index is 1.44. The fourth-order valence-corrected chi connectivity index (χ4v) is 4.72. The van der Waals surface area contributed by atoms with E-state index in [-0.39, 0.29) is 25.6 Å². The Labute approximate surface area is 184 Å². The fourth-order valence-electron chi connectivity index (χ4n) is 4.72. The standard InChI is InChI=1S/C18H35N5O9/c19-2-6-9(24)10(25)8(23)17(28-6)31-13-4(21)1-5(22)14(11(13)26)32-18-12(27)16-15(30-16)7(3-20)29-18/h4-18,24-27H,1-3,19-23H2/t4?,5-,6?,7?,8+,9-,10-,11+,12+,13?,14?,15-,16?,17?,18?/m1/s1. The summed E-state index contributed by atoms with van der Waals surface area (Å²) in [6, 6.07) is -2.50. The summed E-state index contributed by atoms with van der Waals surface area (Å²) < 4.78 is 28.4. The van der Waals surface area contributed by atoms with Crippen molar-refractivity contribution in [2.24, 2.45) is 28.7 Å². The van der Waals surface area contributed by atoms with E-state index in [1.807, 2.05) is 0 Å². The molecule has 14 N–H and O–H groups in total. The van der Waals surface area contributed by atoms with E-state index in [4.69, 9.17) is 52.4 Å². The third-order valence-corrected chi connectivity index (χ3v) is 6.71. The minimum absolute atomic E-state index is 0.0792. The van der Waals surface area contributed by atoms with Gasteiger partial charge in [0.15, 0.2) is 12.6 Å². The Morgan fingerprint density at radius 3 is 1.81 bits per heavy atom. The summed E-state index contributed by atoms with van der Waals surface area (Å²) in [4.78, 5) is 0. The summed E-state index contributed by atoms with van der Waals surface area (Å²) in [6.07, 6.45) is -11.3. The zero-order chi connectivity index (χ0) is 23.3. The van der Waals surface area contributed by atoms with Gasteiger partial charge in [0.05, 0.1) is 6.04 Å². The maximum absolute atomic E-state index is 11.0. The van der Waals surface area contributed by atoms with E-state index < -0.39 is 85.6 Å². The molecule has 0 spiro atoms. The summed E-state index contributed by atoms with van der Waals surface area (Å²) >= 11 is 0. The van der Waals surface area contributed by atoms with Gasteiger partial charge < -0.3 is 72.8 Å². The van der Waals surface area contributed by atoms with Gasteiger partial charge in [0.25, 0.3) is 0 Å². The first-order chi connectivity index (χ1) is 15.2. The van der Waals surface area contributed by atoms with Crippen LogP contribution in [0.3, 0.4) is 0 Å². The van der Waals surface area contributed by atoms with Crippen molar-refractivity contribution in [1.29, 1.82) is 0 Å². The topological polar surface area (TPSA) is 260 Å². The Morgan fingerprint density at radius 2 is 1.22 bits per heavy atom. The molecule has 0 radical (unpaired) electrons. The van der Waals surface area contributed by atoms with Crippen molar-refractivity contribution in [3.05, 3.63) is 0 Å². The van der Waals surface area contributed by atoms with Gasteiger partial charge in [-0.2, -0.15) is 0 Å². The van der Waals surface area contributed by atoms with E-state index in [0.717, 1.165) is 0 Å². The number of fused-ring (bicyclic) bond motifs is 1. The van der Waals surface area contributed by atoms with Gasteiger partial charge in [-0.05, 0) is 6.42 Å². The lowest BCUT2D eigenvalue weighted by Gasteiger charge is -2.47. The van der Waals surface area contributed by atoms with E-state index in [2.05, 4.69) is 0 Å². The van der Waals surface area contributed by atoms with Crippen LogP contribution in [-0.4, -0.2) is 125 Å². The molecule has 186 valence electrons. The van der Waals surface area contributed by atoms with Gasteiger partial charge in [0.1, 0.15) is 61.0 Å². The SMILES string of the molecule is NCC1OC(OC2[C@@H](O)C(OC3OC(CN)[C@@H](O)[C@H](O)[C@@H]3N)C(N)C[C@H]2N)[C@@H](O)C2O[C@H]12. The van der Waals surface area contributed by atoms with E-state index >= 15 is 0 Å². The van der Waals surface area contributed by atoms with E-state index in [0.29, 0.717) is 0 Å². The second kappa shape index (κ2) is 9.59. The molecule has 14 nitrogen and oxygen atoms in total. The first-order valence-electron chi connectivity index (χ1n) is 10.8. The summed E-state index contributed by atoms with van der Waals surface area (Å²) in [5, 5.41) is 41.7. The smallest absolute Gasteiger partial charge is 0.187 e. The van der Waals surface area contributed by atoms with Crippen molar-refractivity contribution in [1.82, 2.24) is 0 Å². The predicted octanol–water partition coefficient (Wildman–Crippen LogP) is -6.28. The molecule has 4 fully saturated rings. The molecule has 0 aromatic rings. The van der Waals surface area contributed by atoms with Crippen LogP contribution in [0.15, 0.2) is 0 Å². The first kappa shape index (κ1) is 24.6. The van der Waals surface area contributed by atoms with Crippen molar-refractivity contribution in [2.45, 2.75) is 98.2 Å². The number of hydrogen-bond acceptors (Lipinski definition) is 14. The zero-order valence-electron chi connectivity index (χ0n) is 17.5. The van der Waals surface area contributed by atoms with Crippen LogP contribution >= 0.6 is 0 Å². The van der Waals surface area contributed by atoms with Crippen molar-refractivity contribution in [3.8, 4) is 0 Å². The Bertz CT molecular complexity index is 650. The van der Waals surface area contributed by atoms with Crippen molar-refractivity contribution in [2.75, 3.05) is 13.1 Å². The molecule has 4 aliphatic rings. The molecule has 14 heteroatoms. The third-order valence-electron chi connectivity index (χ3n) is 6.71. The van der Waals surface area contributed by atoms with Gasteiger partial charge >= 0.3 is 0 Å². The highest BCUT2D eigenvalue weighted by atomic mass is 16.7. The molecule has 0 aromatic heterocycles. The number of ether oxygens (including phenoxy) is 5. The Kier molecular flexibility index (Phi) is 7.36. The number of rotatable bonds is 6. The first-order valence-corrected chi connectivity index (χ1v) is 10.8. The maximum atomic E-state index is 11.0. The average molecular weight is 466 g/mol. The van der Waals surface area contributed by atoms with E-state index in [9.17, 15) is 20.4 Å². The van der Waals surface area contributed by atoms with E-state index in [1.54, 1.807) is 0 Å². The summed E-state index contributed by atoms with van der Waals surface area (Å²) in [5.41, 5.74) is 29.6. The van der Waals surface area contributed by atoms with Gasteiger partial charge in [-0.15, -0.1) is 0 Å². The van der Waals surface area contributed by atoms with Gasteiger partial charge in [-0.3, -0.25) is 0 Å². The van der Waals surface area contributed by atoms with Crippen LogP contribution in [0.2, 0.25) is 0 Å². The molecular formula is C18H35N5O9. The lowest BCUT2D eigenvalue weighted by atomic mass is 9.84. The molecule has 0 bridgehead atoms. The van der Waals surface area contributed by atoms with Crippen LogP contribution in [0, 0.1) is 0 Å². The average Bonchev–Trinajstić information content (AvgIpc) is 3.57. The van der Waals surface area contributed by atoms with Crippen LogP contribution in [0.25, 0.3) is 0 Å². The summed E-state index contributed by atoms with van der Waals surface area (Å²) in [7, 11) is 0. The normalized spacial score (nSPS) is 56.0. The Morgan fingerprint density at radius 1 is 0.656 bits per heavy atom. The lowest BCUT2D eigenvalue weighted by Crippen LogP contribution is -2.68. The molecule has 8 unspecified atom stereocenters.